The molecule has 1 N–H and O–H groups in total. The zero-order valence-electron chi connectivity index (χ0n) is 10.4. The van der Waals surface area contributed by atoms with Gasteiger partial charge >= 0.3 is 0 Å². The van der Waals surface area contributed by atoms with Crippen LogP contribution >= 0.6 is 0 Å². The number of sulfonamides is 1. The van der Waals surface area contributed by atoms with Crippen LogP contribution in [0.2, 0.25) is 0 Å². The van der Waals surface area contributed by atoms with Gasteiger partial charge in [0.05, 0.1) is 17.0 Å². The molecular formula is C13H13N3O2S. The Morgan fingerprint density at radius 2 is 2.00 bits per heavy atom. The molecule has 1 aromatic heterocycles. The summed E-state index contributed by atoms with van der Waals surface area (Å²) in [4.78, 5) is 0.00621. The maximum atomic E-state index is 12.1. The van der Waals surface area contributed by atoms with Gasteiger partial charge in [0.15, 0.2) is 0 Å². The van der Waals surface area contributed by atoms with Crippen LogP contribution < -0.4 is 4.72 Å². The van der Waals surface area contributed by atoms with Crippen LogP contribution in [-0.2, 0) is 23.6 Å². The van der Waals surface area contributed by atoms with E-state index in [1.165, 1.54) is 12.1 Å². The summed E-state index contributed by atoms with van der Waals surface area (Å²) in [6.45, 7) is 0.186. The highest BCUT2D eigenvalue weighted by Crippen LogP contribution is 2.14. The van der Waals surface area contributed by atoms with E-state index in [1.54, 1.807) is 12.1 Å². The third-order valence-corrected chi connectivity index (χ3v) is 4.25. The number of benzene rings is 1. The van der Waals surface area contributed by atoms with Crippen LogP contribution in [0.5, 0.6) is 0 Å². The van der Waals surface area contributed by atoms with E-state index in [9.17, 15) is 8.42 Å². The Morgan fingerprint density at radius 1 is 1.26 bits per heavy atom. The van der Waals surface area contributed by atoms with Crippen LogP contribution in [0.1, 0.15) is 11.3 Å². The molecule has 0 bridgehead atoms. The van der Waals surface area contributed by atoms with Crippen molar-refractivity contribution < 1.29 is 8.42 Å². The summed E-state index contributed by atoms with van der Waals surface area (Å²) in [6.07, 6.45) is 1.84. The summed E-state index contributed by atoms with van der Waals surface area (Å²) in [5.74, 6) is 0. The van der Waals surface area contributed by atoms with Gasteiger partial charge in [-0.05, 0) is 24.3 Å². The lowest BCUT2D eigenvalue weighted by Gasteiger charge is -2.08. The maximum Gasteiger partial charge on any atom is 0.242 e. The molecule has 0 aliphatic rings. The van der Waals surface area contributed by atoms with Crippen molar-refractivity contribution in [1.29, 1.82) is 5.26 Å². The molecule has 2 rings (SSSR count). The fraction of sp³-hybridized carbons (Fsp3) is 0.154. The molecule has 98 valence electrons. The molecule has 0 aliphatic heterocycles. The van der Waals surface area contributed by atoms with E-state index in [1.807, 2.05) is 36.0 Å². The average molecular weight is 275 g/mol. The smallest absolute Gasteiger partial charge is 0.242 e. The molecule has 19 heavy (non-hydrogen) atoms. The van der Waals surface area contributed by atoms with Gasteiger partial charge in [0.2, 0.25) is 10.0 Å². The molecule has 0 amide bonds. The number of nitriles is 1. The summed E-state index contributed by atoms with van der Waals surface area (Å²) in [5, 5.41) is 8.93. The van der Waals surface area contributed by atoms with E-state index >= 15 is 0 Å². The van der Waals surface area contributed by atoms with Gasteiger partial charge in [-0.1, -0.05) is 12.1 Å². The summed E-state index contributed by atoms with van der Waals surface area (Å²) >= 11 is 0. The van der Waals surface area contributed by atoms with E-state index < -0.39 is 10.0 Å². The Morgan fingerprint density at radius 3 is 2.63 bits per heavy atom. The number of hydrogen-bond donors (Lipinski definition) is 1. The highest BCUT2D eigenvalue weighted by atomic mass is 32.2. The maximum absolute atomic E-state index is 12.1. The summed E-state index contributed by atoms with van der Waals surface area (Å²) < 4.78 is 28.6. The molecule has 6 heteroatoms. The number of nitrogens with one attached hydrogen (secondary N) is 1. The third-order valence-electron chi connectivity index (χ3n) is 2.79. The van der Waals surface area contributed by atoms with Crippen molar-refractivity contribution in [3.63, 3.8) is 0 Å². The molecule has 0 saturated heterocycles. The lowest BCUT2D eigenvalue weighted by molar-refractivity contribution is 0.579. The van der Waals surface area contributed by atoms with Gasteiger partial charge in [0.25, 0.3) is 0 Å². The van der Waals surface area contributed by atoms with Crippen molar-refractivity contribution in [3.05, 3.63) is 53.9 Å². The van der Waals surface area contributed by atoms with Crippen LogP contribution in [0, 0.1) is 11.3 Å². The standard InChI is InChI=1S/C13H13N3O2S/c1-16-8-4-6-12(16)10-15-19(17,18)13-7-3-2-5-11(13)9-14/h2-8,15H,10H2,1H3. The number of nitrogens with zero attached hydrogens (tertiary/aromatic N) is 2. The van der Waals surface area contributed by atoms with Gasteiger partial charge in [0.1, 0.15) is 6.07 Å². The van der Waals surface area contributed by atoms with Crippen molar-refractivity contribution in [3.8, 4) is 6.07 Å². The molecular weight excluding hydrogens is 262 g/mol. The normalized spacial score (nSPS) is 11.2. The van der Waals surface area contributed by atoms with E-state index in [4.69, 9.17) is 5.26 Å². The highest BCUT2D eigenvalue weighted by Gasteiger charge is 2.17. The Hall–Kier alpha value is -2.10. The monoisotopic (exact) mass is 275 g/mol. The van der Waals surface area contributed by atoms with Crippen LogP contribution in [0.3, 0.4) is 0 Å². The van der Waals surface area contributed by atoms with Crippen molar-refractivity contribution in [2.75, 3.05) is 0 Å². The Balaban J connectivity index is 2.24. The van der Waals surface area contributed by atoms with E-state index in [2.05, 4.69) is 4.72 Å². The lowest BCUT2D eigenvalue weighted by atomic mass is 10.2. The van der Waals surface area contributed by atoms with Gasteiger partial charge in [-0.15, -0.1) is 0 Å². The van der Waals surface area contributed by atoms with Gasteiger partial charge in [-0.3, -0.25) is 0 Å². The second kappa shape index (κ2) is 5.26. The van der Waals surface area contributed by atoms with Gasteiger partial charge in [-0.2, -0.15) is 5.26 Å². The second-order valence-electron chi connectivity index (χ2n) is 4.04. The van der Waals surface area contributed by atoms with E-state index in [0.717, 1.165) is 5.69 Å². The Bertz CT molecular complexity index is 726. The number of aromatic nitrogens is 1. The topological polar surface area (TPSA) is 74.9 Å². The zero-order chi connectivity index (χ0) is 13.9. The number of rotatable bonds is 4. The second-order valence-corrected chi connectivity index (χ2v) is 5.78. The van der Waals surface area contributed by atoms with E-state index in [-0.39, 0.29) is 17.0 Å². The third kappa shape index (κ3) is 2.84. The summed E-state index contributed by atoms with van der Waals surface area (Å²) in [7, 11) is -1.84. The van der Waals surface area contributed by atoms with Crippen LogP contribution in [0.4, 0.5) is 0 Å². The zero-order valence-corrected chi connectivity index (χ0v) is 11.2. The molecule has 0 fully saturated rings. The molecule has 0 spiro atoms. The predicted octanol–water partition coefficient (Wildman–Crippen LogP) is 1.38. The molecule has 0 saturated carbocycles. The minimum absolute atomic E-state index is 0.00621. The minimum Gasteiger partial charge on any atom is -0.353 e. The molecule has 1 aromatic carbocycles. The minimum atomic E-state index is -3.68. The van der Waals surface area contributed by atoms with E-state index in [0.29, 0.717) is 0 Å². The molecule has 0 radical (unpaired) electrons. The van der Waals surface area contributed by atoms with Crippen molar-refractivity contribution in [2.24, 2.45) is 7.05 Å². The van der Waals surface area contributed by atoms with Gasteiger partial charge in [-0.25, -0.2) is 13.1 Å². The first-order valence-corrected chi connectivity index (χ1v) is 7.12. The largest absolute Gasteiger partial charge is 0.353 e. The Kier molecular flexibility index (Phi) is 3.69. The lowest BCUT2D eigenvalue weighted by Crippen LogP contribution is -2.25. The van der Waals surface area contributed by atoms with Crippen LogP contribution in [-0.4, -0.2) is 13.0 Å². The summed E-state index contributed by atoms with van der Waals surface area (Å²) in [5.41, 5.74) is 0.986. The molecule has 0 aliphatic carbocycles. The van der Waals surface area contributed by atoms with Crippen molar-refractivity contribution in [1.82, 2.24) is 9.29 Å². The van der Waals surface area contributed by atoms with Crippen molar-refractivity contribution >= 4 is 10.0 Å². The number of hydrogen-bond acceptors (Lipinski definition) is 3. The fourth-order valence-electron chi connectivity index (χ4n) is 1.72. The molecule has 1 heterocycles. The first-order valence-electron chi connectivity index (χ1n) is 5.63. The van der Waals surface area contributed by atoms with Crippen molar-refractivity contribution in [2.45, 2.75) is 11.4 Å². The molecule has 0 atom stereocenters. The first-order chi connectivity index (χ1) is 9.04. The predicted molar refractivity (Wildman–Crippen MR) is 70.6 cm³/mol. The quantitative estimate of drug-likeness (QED) is 0.915. The SMILES string of the molecule is Cn1cccc1CNS(=O)(=O)c1ccccc1C#N. The van der Waals surface area contributed by atoms with Gasteiger partial charge in [0, 0.05) is 18.9 Å². The molecule has 2 aromatic rings. The first kappa shape index (κ1) is 13.3. The average Bonchev–Trinajstić information content (AvgIpc) is 2.82. The fourth-order valence-corrected chi connectivity index (χ4v) is 2.87. The van der Waals surface area contributed by atoms with Crippen LogP contribution in [0.25, 0.3) is 0 Å². The van der Waals surface area contributed by atoms with Gasteiger partial charge < -0.3 is 4.57 Å². The highest BCUT2D eigenvalue weighted by molar-refractivity contribution is 7.89. The van der Waals surface area contributed by atoms with Crippen LogP contribution in [0.15, 0.2) is 47.5 Å². The molecule has 5 nitrogen and oxygen atoms in total. The number of aryl methyl sites for hydroxylation is 1. The molecule has 0 unspecified atom stereocenters. The summed E-state index contributed by atoms with van der Waals surface area (Å²) in [6, 6.07) is 11.7. The Labute approximate surface area is 112 Å².